The zero-order valence-electron chi connectivity index (χ0n) is 41.9. The molecule has 0 spiro atoms. The molecule has 2 aromatic rings. The predicted molar refractivity (Wildman–Crippen MR) is 270 cm³/mol. The Kier molecular flexibility index (Phi) is 41.4. The van der Waals surface area contributed by atoms with Crippen LogP contribution in [-0.2, 0) is 39.2 Å². The van der Waals surface area contributed by atoms with Gasteiger partial charge in [-0.1, -0.05) is 205 Å². The fraction of sp³-hybridized carbons (Fsp3) is 0.692. The Balaban J connectivity index is 0.00000132. The second-order valence-corrected chi connectivity index (χ2v) is 20.4. The van der Waals surface area contributed by atoms with Crippen molar-refractivity contribution in [2.75, 3.05) is 37.9 Å². The summed E-state index contributed by atoms with van der Waals surface area (Å²) in [4.78, 5) is 49.0. The molecule has 0 unspecified atom stereocenters. The van der Waals surface area contributed by atoms with Crippen molar-refractivity contribution in [3.63, 3.8) is 0 Å². The molecule has 0 aromatic heterocycles. The molecule has 0 fully saturated rings. The standard InChI is InChI=1S/2C26H42O7S.Ca/c2*1-2-3-4-5-6-7-8-9-10-11-12-13-14-17-20-32-25(27)23-18-15-16-19-24(23)26(28)33-21-22-34(29,30)31;/h2*15-16,18-19H,2-14,17,20-22H2,1H3,(H,29,30,31);/q;;+2/p-2. The molecular formula is C52H82CaO14S2. The summed E-state index contributed by atoms with van der Waals surface area (Å²) >= 11 is 0. The second kappa shape index (κ2) is 43.0. The van der Waals surface area contributed by atoms with E-state index in [4.69, 9.17) is 18.9 Å². The van der Waals surface area contributed by atoms with Gasteiger partial charge in [0, 0.05) is 0 Å². The molecule has 0 aliphatic carbocycles. The maximum Gasteiger partial charge on any atom is 2.00 e. The topological polar surface area (TPSA) is 220 Å². The average Bonchev–Trinajstić information content (AvgIpc) is 3.30. The molecule has 2 aromatic carbocycles. The molecule has 0 N–H and O–H groups in total. The number of hydrogen-bond acceptors (Lipinski definition) is 14. The van der Waals surface area contributed by atoms with Crippen LogP contribution < -0.4 is 0 Å². The van der Waals surface area contributed by atoms with Gasteiger partial charge in [-0.05, 0) is 37.1 Å². The molecule has 17 heteroatoms. The summed E-state index contributed by atoms with van der Waals surface area (Å²) in [5.41, 5.74) is 0.0826. The van der Waals surface area contributed by atoms with Crippen molar-refractivity contribution in [1.82, 2.24) is 0 Å². The molecule has 0 amide bonds. The zero-order chi connectivity index (χ0) is 50.1. The van der Waals surface area contributed by atoms with Crippen molar-refractivity contribution in [2.45, 2.75) is 194 Å². The van der Waals surface area contributed by atoms with Crippen LogP contribution in [0.3, 0.4) is 0 Å². The number of esters is 4. The van der Waals surface area contributed by atoms with E-state index >= 15 is 0 Å². The Morgan fingerprint density at radius 3 is 0.739 bits per heavy atom. The van der Waals surface area contributed by atoms with Gasteiger partial charge >= 0.3 is 61.6 Å². The number of carbonyl (C=O) groups excluding carboxylic acids is 4. The van der Waals surface area contributed by atoms with E-state index < -0.39 is 68.8 Å². The van der Waals surface area contributed by atoms with E-state index in [9.17, 15) is 45.1 Å². The Morgan fingerprint density at radius 2 is 0.536 bits per heavy atom. The number of ether oxygens (including phenoxy) is 4. The molecule has 0 aliphatic rings. The molecule has 0 bridgehead atoms. The maximum atomic E-state index is 12.4. The monoisotopic (exact) mass is 1030 g/mol. The first-order chi connectivity index (χ1) is 32.7. The number of carbonyl (C=O) groups is 4. The Hall–Kier alpha value is -2.60. The first-order valence-electron chi connectivity index (χ1n) is 25.4. The van der Waals surface area contributed by atoms with Gasteiger partial charge in [-0.15, -0.1) is 0 Å². The van der Waals surface area contributed by atoms with Gasteiger partial charge < -0.3 is 28.1 Å². The van der Waals surface area contributed by atoms with Gasteiger partial charge in [0.25, 0.3) is 0 Å². The fourth-order valence-corrected chi connectivity index (χ4v) is 7.96. The predicted octanol–water partition coefficient (Wildman–Crippen LogP) is 11.7. The minimum absolute atomic E-state index is 0. The molecule has 2 rings (SSSR count). The number of benzene rings is 2. The Bertz CT molecular complexity index is 1750. The average molecular weight is 1040 g/mol. The number of unbranched alkanes of at least 4 members (excludes halogenated alkanes) is 26. The third-order valence-electron chi connectivity index (χ3n) is 11.3. The third kappa shape index (κ3) is 37.8. The van der Waals surface area contributed by atoms with Gasteiger partial charge in [-0.3, -0.25) is 0 Å². The van der Waals surface area contributed by atoms with E-state index in [-0.39, 0.29) is 73.2 Å². The molecule has 0 saturated carbocycles. The minimum atomic E-state index is -4.48. The number of rotatable bonds is 40. The normalized spacial score (nSPS) is 11.2. The summed E-state index contributed by atoms with van der Waals surface area (Å²) in [5, 5.41) is 0. The number of hydrogen-bond donors (Lipinski definition) is 0. The summed E-state index contributed by atoms with van der Waals surface area (Å²) in [6.45, 7) is 3.91. The molecule has 0 saturated heterocycles. The zero-order valence-corrected chi connectivity index (χ0v) is 45.7. The van der Waals surface area contributed by atoms with E-state index in [2.05, 4.69) is 13.8 Å². The van der Waals surface area contributed by atoms with Crippen LogP contribution in [0.25, 0.3) is 0 Å². The van der Waals surface area contributed by atoms with Gasteiger partial charge in [-0.2, -0.15) is 0 Å². The van der Waals surface area contributed by atoms with E-state index in [1.54, 1.807) is 24.3 Å². The van der Waals surface area contributed by atoms with Crippen molar-refractivity contribution in [2.24, 2.45) is 0 Å². The van der Waals surface area contributed by atoms with Crippen molar-refractivity contribution in [3.8, 4) is 0 Å². The van der Waals surface area contributed by atoms with E-state index in [1.165, 1.54) is 166 Å². The van der Waals surface area contributed by atoms with Crippen molar-refractivity contribution in [1.29, 1.82) is 0 Å². The van der Waals surface area contributed by atoms with Crippen LogP contribution in [0.15, 0.2) is 48.5 Å². The van der Waals surface area contributed by atoms with Crippen molar-refractivity contribution in [3.05, 3.63) is 70.8 Å². The van der Waals surface area contributed by atoms with Gasteiger partial charge in [-0.25, -0.2) is 36.0 Å². The SMILES string of the molecule is CCCCCCCCCCCCCCCCOC(=O)c1ccccc1C(=O)OCCS(=O)(=O)[O-].CCCCCCCCCCCCCCCCOC(=O)c1ccccc1C(=O)OCCS(=O)(=O)[O-].[Ca+2]. The molecule has 0 radical (unpaired) electrons. The summed E-state index contributed by atoms with van der Waals surface area (Å²) in [7, 11) is -8.96. The van der Waals surface area contributed by atoms with Crippen LogP contribution in [0.2, 0.25) is 0 Å². The minimum Gasteiger partial charge on any atom is -0.748 e. The van der Waals surface area contributed by atoms with E-state index in [0.717, 1.165) is 38.5 Å². The van der Waals surface area contributed by atoms with E-state index in [1.807, 2.05) is 0 Å². The first-order valence-corrected chi connectivity index (χ1v) is 28.6. The van der Waals surface area contributed by atoms with Gasteiger partial charge in [0.2, 0.25) is 0 Å². The second-order valence-electron chi connectivity index (χ2n) is 17.4. The third-order valence-corrected chi connectivity index (χ3v) is 12.7. The van der Waals surface area contributed by atoms with Crippen LogP contribution in [-0.4, -0.2) is 125 Å². The van der Waals surface area contributed by atoms with Crippen LogP contribution in [0.5, 0.6) is 0 Å². The van der Waals surface area contributed by atoms with Crippen molar-refractivity contribution < 1.29 is 64.1 Å². The smallest absolute Gasteiger partial charge is 0.748 e. The summed E-state index contributed by atoms with van der Waals surface area (Å²) in [6.07, 6.45) is 34.8. The first kappa shape index (κ1) is 66.4. The summed E-state index contributed by atoms with van der Waals surface area (Å²) < 4.78 is 83.9. The van der Waals surface area contributed by atoms with Gasteiger partial charge in [0.15, 0.2) is 0 Å². The Labute approximate surface area is 445 Å². The quantitative estimate of drug-likeness (QED) is 0.0199. The van der Waals surface area contributed by atoms with Crippen LogP contribution in [0.4, 0.5) is 0 Å². The molecule has 69 heavy (non-hydrogen) atoms. The molecule has 0 atom stereocenters. The molecule has 14 nitrogen and oxygen atoms in total. The van der Waals surface area contributed by atoms with Crippen LogP contribution >= 0.6 is 0 Å². The molecule has 388 valence electrons. The van der Waals surface area contributed by atoms with Crippen molar-refractivity contribution >= 4 is 81.9 Å². The Morgan fingerprint density at radius 1 is 0.348 bits per heavy atom. The molecule has 0 aliphatic heterocycles. The molecule has 0 heterocycles. The largest absolute Gasteiger partial charge is 2.00 e. The molecular weight excluding hydrogens is 953 g/mol. The maximum absolute atomic E-state index is 12.4. The summed E-state index contributed by atoms with van der Waals surface area (Å²) in [5.74, 6) is -4.62. The fourth-order valence-electron chi connectivity index (χ4n) is 7.39. The van der Waals surface area contributed by atoms with Gasteiger partial charge in [0.1, 0.15) is 13.2 Å². The van der Waals surface area contributed by atoms with Crippen LogP contribution in [0, 0.1) is 0 Å². The van der Waals surface area contributed by atoms with Gasteiger partial charge in [0.05, 0.1) is 67.2 Å². The summed E-state index contributed by atoms with van der Waals surface area (Å²) in [6, 6.07) is 12.0. The van der Waals surface area contributed by atoms with Crippen LogP contribution in [0.1, 0.15) is 235 Å². The van der Waals surface area contributed by atoms with E-state index in [0.29, 0.717) is 0 Å².